The largest absolute Gasteiger partial charge is 0.376 e. The van der Waals surface area contributed by atoms with E-state index in [2.05, 4.69) is 15.0 Å². The Kier molecular flexibility index (Phi) is 4.24. The molecule has 26 heavy (non-hydrogen) atoms. The van der Waals surface area contributed by atoms with Crippen molar-refractivity contribution in [2.45, 2.75) is 19.1 Å². The standard InChI is InChI=1S/C17H16ClF2N5O/c18-14-13-15(24-16(21)23-14)25(9-22-13)6-11-12(17(11,19)20)8-26-7-10-4-2-1-3-5-10/h1-5,9,11-12H,6-8H2,(H2,21,23,24)/t11-,12+/m0/s1. The number of hydrogen-bond acceptors (Lipinski definition) is 5. The van der Waals surface area contributed by atoms with Gasteiger partial charge in [-0.2, -0.15) is 9.97 Å². The predicted octanol–water partition coefficient (Wildman–Crippen LogP) is 3.16. The van der Waals surface area contributed by atoms with Crippen LogP contribution < -0.4 is 5.73 Å². The molecule has 9 heteroatoms. The number of aromatic nitrogens is 4. The van der Waals surface area contributed by atoms with Crippen LogP contribution in [0.5, 0.6) is 0 Å². The van der Waals surface area contributed by atoms with Crippen molar-refractivity contribution < 1.29 is 13.5 Å². The van der Waals surface area contributed by atoms with Gasteiger partial charge in [0, 0.05) is 6.54 Å². The van der Waals surface area contributed by atoms with Gasteiger partial charge < -0.3 is 15.0 Å². The molecular formula is C17H16ClF2N5O. The van der Waals surface area contributed by atoms with E-state index < -0.39 is 17.8 Å². The molecule has 2 heterocycles. The predicted molar refractivity (Wildman–Crippen MR) is 92.8 cm³/mol. The zero-order valence-corrected chi connectivity index (χ0v) is 14.4. The number of rotatable bonds is 6. The van der Waals surface area contributed by atoms with Gasteiger partial charge in [0.05, 0.1) is 31.4 Å². The number of benzene rings is 1. The average Bonchev–Trinajstić information content (AvgIpc) is 2.91. The minimum absolute atomic E-state index is 0.00291. The third kappa shape index (κ3) is 3.10. The maximum absolute atomic E-state index is 14.1. The van der Waals surface area contributed by atoms with Crippen molar-refractivity contribution in [3.05, 3.63) is 47.4 Å². The molecule has 0 saturated heterocycles. The summed E-state index contributed by atoms with van der Waals surface area (Å²) < 4.78 is 35.3. The molecule has 0 unspecified atom stereocenters. The summed E-state index contributed by atoms with van der Waals surface area (Å²) in [4.78, 5) is 12.0. The van der Waals surface area contributed by atoms with Crippen molar-refractivity contribution in [3.8, 4) is 0 Å². The number of nitrogens with two attached hydrogens (primary N) is 1. The number of imidazole rings is 1. The molecule has 1 fully saturated rings. The average molecular weight is 380 g/mol. The second-order valence-electron chi connectivity index (χ2n) is 6.33. The van der Waals surface area contributed by atoms with Crippen molar-refractivity contribution in [2.24, 2.45) is 11.8 Å². The third-order valence-electron chi connectivity index (χ3n) is 4.61. The van der Waals surface area contributed by atoms with Crippen molar-refractivity contribution >= 4 is 28.7 Å². The molecule has 1 aliphatic carbocycles. The first kappa shape index (κ1) is 17.1. The van der Waals surface area contributed by atoms with E-state index in [9.17, 15) is 8.78 Å². The Balaban J connectivity index is 1.42. The molecule has 2 atom stereocenters. The molecule has 3 aromatic rings. The summed E-state index contributed by atoms with van der Waals surface area (Å²) in [5.41, 5.74) is 7.24. The van der Waals surface area contributed by atoms with Crippen molar-refractivity contribution in [1.82, 2.24) is 19.5 Å². The zero-order chi connectivity index (χ0) is 18.3. The summed E-state index contributed by atoms with van der Waals surface area (Å²) in [7, 11) is 0. The fourth-order valence-electron chi connectivity index (χ4n) is 3.09. The van der Waals surface area contributed by atoms with Crippen LogP contribution in [0, 0.1) is 11.8 Å². The summed E-state index contributed by atoms with van der Waals surface area (Å²) in [5.74, 6) is -4.48. The first-order valence-electron chi connectivity index (χ1n) is 8.10. The summed E-state index contributed by atoms with van der Waals surface area (Å²) in [5, 5.41) is 0.108. The van der Waals surface area contributed by atoms with Crippen LogP contribution in [0.3, 0.4) is 0 Å². The number of alkyl halides is 2. The molecule has 1 aliphatic rings. The van der Waals surface area contributed by atoms with Gasteiger partial charge in [0.25, 0.3) is 5.92 Å². The second-order valence-corrected chi connectivity index (χ2v) is 6.69. The van der Waals surface area contributed by atoms with Gasteiger partial charge in [0.1, 0.15) is 5.52 Å². The van der Waals surface area contributed by atoms with Crippen LogP contribution in [0.2, 0.25) is 5.15 Å². The fraction of sp³-hybridized carbons (Fsp3) is 0.353. The summed E-state index contributed by atoms with van der Waals surface area (Å²) in [6.07, 6.45) is 1.43. The lowest BCUT2D eigenvalue weighted by Crippen LogP contribution is -2.06. The quantitative estimate of drug-likeness (QED) is 0.665. The van der Waals surface area contributed by atoms with Crippen molar-refractivity contribution in [1.29, 1.82) is 0 Å². The van der Waals surface area contributed by atoms with Gasteiger partial charge in [-0.25, -0.2) is 13.8 Å². The second kappa shape index (κ2) is 6.44. The van der Waals surface area contributed by atoms with Crippen LogP contribution in [0.25, 0.3) is 11.2 Å². The first-order chi connectivity index (χ1) is 12.5. The van der Waals surface area contributed by atoms with Crippen LogP contribution in [-0.4, -0.2) is 32.0 Å². The highest BCUT2D eigenvalue weighted by molar-refractivity contribution is 6.33. The molecule has 0 radical (unpaired) electrons. The Hall–Kier alpha value is -2.32. The van der Waals surface area contributed by atoms with E-state index in [0.29, 0.717) is 17.8 Å². The Bertz CT molecular complexity index is 934. The molecule has 0 amide bonds. The number of anilines is 1. The number of nitrogens with zero attached hydrogens (tertiary/aromatic N) is 4. The normalized spacial score (nSPS) is 21.2. The summed E-state index contributed by atoms with van der Waals surface area (Å²) in [6.45, 7) is 0.375. The lowest BCUT2D eigenvalue weighted by molar-refractivity contribution is 0.0455. The molecule has 1 aromatic carbocycles. The van der Waals surface area contributed by atoms with Crippen molar-refractivity contribution in [2.75, 3.05) is 12.3 Å². The smallest absolute Gasteiger partial charge is 0.258 e. The topological polar surface area (TPSA) is 78.8 Å². The zero-order valence-electron chi connectivity index (χ0n) is 13.6. The SMILES string of the molecule is Nc1nc(Cl)c2ncn(C[C@H]3[C@@H](COCc4ccccc4)C3(F)F)c2n1. The molecule has 0 bridgehead atoms. The molecule has 6 nitrogen and oxygen atoms in total. The van der Waals surface area contributed by atoms with E-state index in [-0.39, 0.29) is 24.3 Å². The third-order valence-corrected chi connectivity index (χ3v) is 4.87. The number of halogens is 3. The van der Waals surface area contributed by atoms with Gasteiger partial charge in [-0.15, -0.1) is 0 Å². The Morgan fingerprint density at radius 3 is 2.73 bits per heavy atom. The summed E-state index contributed by atoms with van der Waals surface area (Å²) in [6, 6.07) is 9.46. The highest BCUT2D eigenvalue weighted by Gasteiger charge is 2.68. The van der Waals surface area contributed by atoms with Gasteiger partial charge in [-0.3, -0.25) is 0 Å². The van der Waals surface area contributed by atoms with Gasteiger partial charge in [0.2, 0.25) is 5.95 Å². The Morgan fingerprint density at radius 1 is 1.19 bits per heavy atom. The van der Waals surface area contributed by atoms with Crippen LogP contribution >= 0.6 is 11.6 Å². The molecule has 136 valence electrons. The lowest BCUT2D eigenvalue weighted by atomic mass is 10.2. The van der Waals surface area contributed by atoms with E-state index >= 15 is 0 Å². The maximum atomic E-state index is 14.1. The number of ether oxygens (including phenoxy) is 1. The molecule has 0 aliphatic heterocycles. The number of nitrogen functional groups attached to an aromatic ring is 1. The minimum Gasteiger partial charge on any atom is -0.376 e. The molecule has 4 rings (SSSR count). The maximum Gasteiger partial charge on any atom is 0.258 e. The number of fused-ring (bicyclic) bond motifs is 1. The van der Waals surface area contributed by atoms with E-state index in [0.717, 1.165) is 5.56 Å². The van der Waals surface area contributed by atoms with Gasteiger partial charge in [-0.05, 0) is 5.56 Å². The van der Waals surface area contributed by atoms with Gasteiger partial charge >= 0.3 is 0 Å². The van der Waals surface area contributed by atoms with E-state index in [1.54, 1.807) is 0 Å². The van der Waals surface area contributed by atoms with Gasteiger partial charge in [0.15, 0.2) is 10.8 Å². The Morgan fingerprint density at radius 2 is 1.96 bits per heavy atom. The minimum atomic E-state index is -2.78. The van der Waals surface area contributed by atoms with Crippen LogP contribution in [0.4, 0.5) is 14.7 Å². The molecule has 2 N–H and O–H groups in total. The molecule has 1 saturated carbocycles. The molecule has 0 spiro atoms. The monoisotopic (exact) mass is 379 g/mol. The first-order valence-corrected chi connectivity index (χ1v) is 8.48. The fourth-order valence-corrected chi connectivity index (χ4v) is 3.31. The number of hydrogen-bond donors (Lipinski definition) is 1. The molecule has 2 aromatic heterocycles. The van der Waals surface area contributed by atoms with Crippen LogP contribution in [0.1, 0.15) is 5.56 Å². The summed E-state index contributed by atoms with van der Waals surface area (Å²) >= 11 is 5.96. The Labute approximate surface area is 153 Å². The van der Waals surface area contributed by atoms with Crippen molar-refractivity contribution in [3.63, 3.8) is 0 Å². The van der Waals surface area contributed by atoms with E-state index in [1.165, 1.54) is 10.9 Å². The van der Waals surface area contributed by atoms with E-state index in [4.69, 9.17) is 22.1 Å². The highest BCUT2D eigenvalue weighted by Crippen LogP contribution is 2.56. The van der Waals surface area contributed by atoms with Crippen LogP contribution in [0.15, 0.2) is 36.7 Å². The highest BCUT2D eigenvalue weighted by atomic mass is 35.5. The molecular weight excluding hydrogens is 364 g/mol. The lowest BCUT2D eigenvalue weighted by Gasteiger charge is -2.04. The van der Waals surface area contributed by atoms with Crippen LogP contribution in [-0.2, 0) is 17.9 Å². The van der Waals surface area contributed by atoms with Gasteiger partial charge in [-0.1, -0.05) is 41.9 Å². The van der Waals surface area contributed by atoms with E-state index in [1.807, 2.05) is 30.3 Å².